The molecule has 0 aliphatic carbocycles. The normalized spacial score (nSPS) is 11.8. The van der Waals surface area contributed by atoms with E-state index < -0.39 is 12.1 Å². The Morgan fingerprint density at radius 1 is 1.39 bits per heavy atom. The lowest BCUT2D eigenvalue weighted by Crippen LogP contribution is -2.39. The fourth-order valence-corrected chi connectivity index (χ4v) is 1.82. The van der Waals surface area contributed by atoms with Crippen LogP contribution in [-0.4, -0.2) is 28.4 Å². The number of unbranched alkanes of at least 4 members (excludes halogenated alkanes) is 1. The van der Waals surface area contributed by atoms with Gasteiger partial charge >= 0.3 is 6.09 Å². The van der Waals surface area contributed by atoms with Gasteiger partial charge in [0.2, 0.25) is 0 Å². The van der Waals surface area contributed by atoms with Gasteiger partial charge in [0.1, 0.15) is 6.29 Å². The van der Waals surface area contributed by atoms with Gasteiger partial charge < -0.3 is 9.90 Å². The molecule has 4 heteroatoms. The van der Waals surface area contributed by atoms with Gasteiger partial charge in [-0.1, -0.05) is 50.1 Å². The largest absolute Gasteiger partial charge is 0.465 e. The molecule has 0 bridgehead atoms. The summed E-state index contributed by atoms with van der Waals surface area (Å²) in [5.74, 6) is 0. The van der Waals surface area contributed by atoms with Gasteiger partial charge in [0.05, 0.1) is 6.04 Å². The molecule has 0 radical (unpaired) electrons. The van der Waals surface area contributed by atoms with E-state index >= 15 is 0 Å². The summed E-state index contributed by atoms with van der Waals surface area (Å²) in [6.45, 7) is 2.27. The number of carbonyl (C=O) groups excluding carboxylic acids is 1. The Labute approximate surface area is 107 Å². The molecule has 0 spiro atoms. The third-order valence-electron chi connectivity index (χ3n) is 2.85. The molecule has 0 unspecified atom stereocenters. The summed E-state index contributed by atoms with van der Waals surface area (Å²) in [6.07, 6.45) is 2.06. The first-order valence-corrected chi connectivity index (χ1v) is 6.17. The minimum Gasteiger partial charge on any atom is -0.465 e. The van der Waals surface area contributed by atoms with Crippen LogP contribution in [-0.2, 0) is 11.3 Å². The van der Waals surface area contributed by atoms with E-state index in [4.69, 9.17) is 0 Å². The molecule has 1 N–H and O–H groups in total. The standard InChI is InChI=1S/C14H19NO3/c1-2-3-9-13(11-16)15(14(17)18)10-12-7-5-4-6-8-12/h4-8,11,13H,2-3,9-10H2,1H3,(H,17,18)/t13-/m0/s1. The second kappa shape index (κ2) is 7.48. The first kappa shape index (κ1) is 14.2. The number of carboxylic acid groups (broad SMARTS) is 1. The number of aldehydes is 1. The van der Waals surface area contributed by atoms with Crippen LogP contribution in [0, 0.1) is 0 Å². The highest BCUT2D eigenvalue weighted by atomic mass is 16.4. The van der Waals surface area contributed by atoms with Crippen LogP contribution in [0.15, 0.2) is 30.3 Å². The van der Waals surface area contributed by atoms with Crippen molar-refractivity contribution < 1.29 is 14.7 Å². The van der Waals surface area contributed by atoms with Crippen molar-refractivity contribution in [1.82, 2.24) is 4.90 Å². The molecule has 0 aromatic heterocycles. The minimum absolute atomic E-state index is 0.253. The Morgan fingerprint density at radius 2 is 2.06 bits per heavy atom. The summed E-state index contributed by atoms with van der Waals surface area (Å²) < 4.78 is 0. The van der Waals surface area contributed by atoms with Gasteiger partial charge in [0, 0.05) is 6.54 Å². The third-order valence-corrected chi connectivity index (χ3v) is 2.85. The zero-order valence-electron chi connectivity index (χ0n) is 10.6. The maximum atomic E-state index is 11.2. The SMILES string of the molecule is CCCC[C@@H](C=O)N(Cc1ccccc1)C(=O)O. The van der Waals surface area contributed by atoms with Gasteiger partial charge in [-0.25, -0.2) is 4.79 Å². The molecule has 0 saturated heterocycles. The van der Waals surface area contributed by atoms with E-state index in [9.17, 15) is 14.7 Å². The second-order valence-electron chi connectivity index (χ2n) is 4.24. The van der Waals surface area contributed by atoms with E-state index in [1.807, 2.05) is 37.3 Å². The fourth-order valence-electron chi connectivity index (χ4n) is 1.82. The average Bonchev–Trinajstić information content (AvgIpc) is 2.39. The molecule has 18 heavy (non-hydrogen) atoms. The summed E-state index contributed by atoms with van der Waals surface area (Å²) >= 11 is 0. The molecule has 0 saturated carbocycles. The first-order valence-electron chi connectivity index (χ1n) is 6.17. The zero-order valence-corrected chi connectivity index (χ0v) is 10.6. The number of carbonyl (C=O) groups is 2. The van der Waals surface area contributed by atoms with Gasteiger partial charge in [-0.2, -0.15) is 0 Å². The Hall–Kier alpha value is -1.84. The molecule has 0 aliphatic heterocycles. The monoisotopic (exact) mass is 249 g/mol. The number of amides is 1. The lowest BCUT2D eigenvalue weighted by atomic mass is 10.1. The van der Waals surface area contributed by atoms with E-state index in [1.165, 1.54) is 4.90 Å². The highest BCUT2D eigenvalue weighted by Crippen LogP contribution is 2.12. The first-order chi connectivity index (χ1) is 8.69. The maximum absolute atomic E-state index is 11.2. The highest BCUT2D eigenvalue weighted by Gasteiger charge is 2.22. The zero-order chi connectivity index (χ0) is 13.4. The molecule has 0 heterocycles. The third kappa shape index (κ3) is 4.20. The van der Waals surface area contributed by atoms with Gasteiger partial charge in [-0.05, 0) is 12.0 Å². The van der Waals surface area contributed by atoms with Gasteiger partial charge in [0.25, 0.3) is 0 Å². The predicted molar refractivity (Wildman–Crippen MR) is 69.4 cm³/mol. The van der Waals surface area contributed by atoms with Crippen molar-refractivity contribution in [2.75, 3.05) is 0 Å². The Balaban J connectivity index is 2.75. The van der Waals surface area contributed by atoms with Crippen LogP contribution in [0.1, 0.15) is 31.7 Å². The Morgan fingerprint density at radius 3 is 2.56 bits per heavy atom. The van der Waals surface area contributed by atoms with Crippen molar-refractivity contribution in [3.8, 4) is 0 Å². The van der Waals surface area contributed by atoms with Gasteiger partial charge in [0.15, 0.2) is 0 Å². The van der Waals surface area contributed by atoms with Crippen molar-refractivity contribution in [2.24, 2.45) is 0 Å². The molecule has 0 aliphatic rings. The summed E-state index contributed by atoms with van der Waals surface area (Å²) in [5, 5.41) is 9.20. The molecular weight excluding hydrogens is 230 g/mol. The lowest BCUT2D eigenvalue weighted by Gasteiger charge is -2.25. The number of benzene rings is 1. The maximum Gasteiger partial charge on any atom is 0.408 e. The molecule has 1 atom stereocenters. The van der Waals surface area contributed by atoms with Crippen molar-refractivity contribution >= 4 is 12.4 Å². The highest BCUT2D eigenvalue weighted by molar-refractivity contribution is 5.71. The minimum atomic E-state index is -1.05. The molecule has 1 amide bonds. The second-order valence-corrected chi connectivity index (χ2v) is 4.24. The smallest absolute Gasteiger partial charge is 0.408 e. The van der Waals surface area contributed by atoms with E-state index in [0.717, 1.165) is 24.7 Å². The van der Waals surface area contributed by atoms with E-state index in [0.29, 0.717) is 6.42 Å². The molecule has 0 fully saturated rings. The summed E-state index contributed by atoms with van der Waals surface area (Å²) in [7, 11) is 0. The summed E-state index contributed by atoms with van der Waals surface area (Å²) in [4.78, 5) is 23.5. The van der Waals surface area contributed by atoms with Crippen LogP contribution >= 0.6 is 0 Å². The Kier molecular flexibility index (Phi) is 5.91. The molecule has 1 aromatic rings. The van der Waals surface area contributed by atoms with E-state index in [1.54, 1.807) is 0 Å². The van der Waals surface area contributed by atoms with Crippen LogP contribution < -0.4 is 0 Å². The van der Waals surface area contributed by atoms with E-state index in [2.05, 4.69) is 0 Å². The van der Waals surface area contributed by atoms with Gasteiger partial charge in [-0.15, -0.1) is 0 Å². The number of nitrogens with zero attached hydrogens (tertiary/aromatic N) is 1. The van der Waals surface area contributed by atoms with Gasteiger partial charge in [-0.3, -0.25) is 4.90 Å². The molecular formula is C14H19NO3. The van der Waals surface area contributed by atoms with Crippen molar-refractivity contribution in [1.29, 1.82) is 0 Å². The fraction of sp³-hybridized carbons (Fsp3) is 0.429. The van der Waals surface area contributed by atoms with Crippen LogP contribution in [0.5, 0.6) is 0 Å². The van der Waals surface area contributed by atoms with Crippen LogP contribution in [0.2, 0.25) is 0 Å². The topological polar surface area (TPSA) is 57.6 Å². The van der Waals surface area contributed by atoms with Crippen molar-refractivity contribution in [3.05, 3.63) is 35.9 Å². The molecule has 1 rings (SSSR count). The van der Waals surface area contributed by atoms with E-state index in [-0.39, 0.29) is 6.54 Å². The Bertz CT molecular complexity index is 378. The number of hydrogen-bond donors (Lipinski definition) is 1. The molecule has 98 valence electrons. The summed E-state index contributed by atoms with van der Waals surface area (Å²) in [5.41, 5.74) is 0.892. The van der Waals surface area contributed by atoms with Crippen molar-refractivity contribution in [3.63, 3.8) is 0 Å². The van der Waals surface area contributed by atoms with Crippen LogP contribution in [0.25, 0.3) is 0 Å². The number of hydrogen-bond acceptors (Lipinski definition) is 2. The predicted octanol–water partition coefficient (Wildman–Crippen LogP) is 2.92. The quantitative estimate of drug-likeness (QED) is 0.756. The van der Waals surface area contributed by atoms with Crippen LogP contribution in [0.3, 0.4) is 0 Å². The number of rotatable bonds is 7. The molecule has 1 aromatic carbocycles. The van der Waals surface area contributed by atoms with Crippen molar-refractivity contribution in [2.45, 2.75) is 38.8 Å². The lowest BCUT2D eigenvalue weighted by molar-refractivity contribution is -0.112. The average molecular weight is 249 g/mol. The summed E-state index contributed by atoms with van der Waals surface area (Å²) in [6, 6.07) is 8.76. The molecule has 4 nitrogen and oxygen atoms in total. The van der Waals surface area contributed by atoms with Crippen LogP contribution in [0.4, 0.5) is 4.79 Å².